The minimum absolute atomic E-state index is 0.00714. The molecule has 1 aromatic rings. The van der Waals surface area contributed by atoms with Gasteiger partial charge in [-0.2, -0.15) is 11.8 Å². The smallest absolute Gasteiger partial charge is 0.305 e. The highest BCUT2D eigenvalue weighted by Gasteiger charge is 2.31. The number of carbonyl (C=O) groups excluding carboxylic acids is 1. The van der Waals surface area contributed by atoms with Gasteiger partial charge >= 0.3 is 5.97 Å². The maximum absolute atomic E-state index is 12.4. The standard InChI is InChI=1S/C13H15NO5S/c15-10-3-1-2-9(12(10)18)13(19)14-4-5-20-7-8(14)6-11(16)17/h1-3,8,15,18H,4-7H2,(H,16,17). The van der Waals surface area contributed by atoms with Crippen LogP contribution in [0.2, 0.25) is 0 Å². The average molecular weight is 297 g/mol. The highest BCUT2D eigenvalue weighted by molar-refractivity contribution is 7.99. The van der Waals surface area contributed by atoms with E-state index in [0.717, 1.165) is 5.75 Å². The lowest BCUT2D eigenvalue weighted by molar-refractivity contribution is -0.138. The lowest BCUT2D eigenvalue weighted by Gasteiger charge is -2.34. The molecule has 1 saturated heterocycles. The number of phenolic OH excluding ortho intramolecular Hbond substituents is 2. The van der Waals surface area contributed by atoms with Crippen molar-refractivity contribution >= 4 is 23.6 Å². The van der Waals surface area contributed by atoms with E-state index in [0.29, 0.717) is 12.3 Å². The van der Waals surface area contributed by atoms with Crippen LogP contribution in [-0.4, -0.2) is 56.2 Å². The maximum atomic E-state index is 12.4. The fourth-order valence-corrected chi connectivity index (χ4v) is 3.21. The summed E-state index contributed by atoms with van der Waals surface area (Å²) in [6, 6.07) is 3.76. The van der Waals surface area contributed by atoms with Crippen LogP contribution < -0.4 is 0 Å². The van der Waals surface area contributed by atoms with Gasteiger partial charge < -0.3 is 20.2 Å². The Hall–Kier alpha value is -1.89. The summed E-state index contributed by atoms with van der Waals surface area (Å²) in [4.78, 5) is 24.7. The summed E-state index contributed by atoms with van der Waals surface area (Å²) < 4.78 is 0. The fourth-order valence-electron chi connectivity index (χ4n) is 2.15. The number of carboxylic acids is 1. The molecule has 3 N–H and O–H groups in total. The molecule has 0 spiro atoms. The molecule has 0 aliphatic carbocycles. The van der Waals surface area contributed by atoms with E-state index in [4.69, 9.17) is 5.11 Å². The second-order valence-corrected chi connectivity index (χ2v) is 5.65. The van der Waals surface area contributed by atoms with Crippen LogP contribution in [0.15, 0.2) is 18.2 Å². The highest BCUT2D eigenvalue weighted by atomic mass is 32.2. The van der Waals surface area contributed by atoms with E-state index in [2.05, 4.69) is 0 Å². The molecule has 1 aliphatic rings. The summed E-state index contributed by atoms with van der Waals surface area (Å²) in [6.45, 7) is 0.427. The van der Waals surface area contributed by atoms with Gasteiger partial charge in [0.1, 0.15) is 0 Å². The molecule has 2 rings (SSSR count). The maximum Gasteiger partial charge on any atom is 0.305 e. The van der Waals surface area contributed by atoms with Crippen molar-refractivity contribution in [2.45, 2.75) is 12.5 Å². The summed E-state index contributed by atoms with van der Waals surface area (Å²) in [6.07, 6.45) is -0.127. The van der Waals surface area contributed by atoms with Gasteiger partial charge in [-0.1, -0.05) is 6.07 Å². The van der Waals surface area contributed by atoms with Gasteiger partial charge in [0, 0.05) is 18.1 Å². The number of amides is 1. The van der Waals surface area contributed by atoms with Gasteiger partial charge in [-0.25, -0.2) is 0 Å². The Balaban J connectivity index is 2.25. The van der Waals surface area contributed by atoms with Crippen LogP contribution in [-0.2, 0) is 4.79 Å². The number of carbonyl (C=O) groups is 2. The van der Waals surface area contributed by atoms with Crippen LogP contribution in [0.4, 0.5) is 0 Å². The lowest BCUT2D eigenvalue weighted by Crippen LogP contribution is -2.47. The number of thioether (sulfide) groups is 1. The summed E-state index contributed by atoms with van der Waals surface area (Å²) in [7, 11) is 0. The number of aliphatic carboxylic acids is 1. The van der Waals surface area contributed by atoms with Crippen LogP contribution >= 0.6 is 11.8 Å². The Morgan fingerprint density at radius 1 is 1.35 bits per heavy atom. The first-order valence-corrected chi connectivity index (χ1v) is 7.27. The Bertz CT molecular complexity index is 533. The van der Waals surface area contributed by atoms with E-state index in [1.165, 1.54) is 23.1 Å². The molecule has 1 aromatic carbocycles. The molecule has 108 valence electrons. The fraction of sp³-hybridized carbons (Fsp3) is 0.385. The third-order valence-electron chi connectivity index (χ3n) is 3.14. The van der Waals surface area contributed by atoms with Gasteiger partial charge in [-0.3, -0.25) is 9.59 Å². The molecule has 7 heteroatoms. The predicted octanol–water partition coefficient (Wildman–Crippen LogP) is 1.13. The third-order valence-corrected chi connectivity index (χ3v) is 4.24. The highest BCUT2D eigenvalue weighted by Crippen LogP contribution is 2.31. The molecule has 0 aromatic heterocycles. The zero-order valence-corrected chi connectivity index (χ0v) is 11.5. The molecule has 0 bridgehead atoms. The van der Waals surface area contributed by atoms with Crippen molar-refractivity contribution in [3.05, 3.63) is 23.8 Å². The van der Waals surface area contributed by atoms with Crippen molar-refractivity contribution in [2.24, 2.45) is 0 Å². The van der Waals surface area contributed by atoms with Gasteiger partial charge in [0.05, 0.1) is 18.0 Å². The molecule has 6 nitrogen and oxygen atoms in total. The topological polar surface area (TPSA) is 98.1 Å². The van der Waals surface area contributed by atoms with Crippen molar-refractivity contribution in [3.63, 3.8) is 0 Å². The minimum Gasteiger partial charge on any atom is -0.504 e. The van der Waals surface area contributed by atoms with Crippen molar-refractivity contribution < 1.29 is 24.9 Å². The number of rotatable bonds is 3. The molecule has 20 heavy (non-hydrogen) atoms. The van der Waals surface area contributed by atoms with Crippen LogP contribution in [0, 0.1) is 0 Å². The van der Waals surface area contributed by atoms with Crippen LogP contribution in [0.5, 0.6) is 11.5 Å². The van der Waals surface area contributed by atoms with Crippen molar-refractivity contribution in [1.82, 2.24) is 4.90 Å². The number of para-hydroxylation sites is 1. The average Bonchev–Trinajstić information content (AvgIpc) is 2.41. The molecular formula is C13H15NO5S. The number of aromatic hydroxyl groups is 2. The normalized spacial score (nSPS) is 18.8. The van der Waals surface area contributed by atoms with Gasteiger partial charge in [-0.15, -0.1) is 0 Å². The van der Waals surface area contributed by atoms with Crippen molar-refractivity contribution in [3.8, 4) is 11.5 Å². The Labute approximate surface area is 120 Å². The number of hydrogen-bond acceptors (Lipinski definition) is 5. The van der Waals surface area contributed by atoms with Crippen LogP contribution in [0.25, 0.3) is 0 Å². The molecular weight excluding hydrogens is 282 g/mol. The Morgan fingerprint density at radius 3 is 2.80 bits per heavy atom. The van der Waals surface area contributed by atoms with Crippen molar-refractivity contribution in [1.29, 1.82) is 0 Å². The third kappa shape index (κ3) is 2.98. The number of benzene rings is 1. The Morgan fingerprint density at radius 2 is 2.10 bits per heavy atom. The molecule has 1 unspecified atom stereocenters. The Kier molecular flexibility index (Phi) is 4.39. The minimum atomic E-state index is -0.963. The van der Waals surface area contributed by atoms with E-state index >= 15 is 0 Å². The zero-order valence-electron chi connectivity index (χ0n) is 10.7. The lowest BCUT2D eigenvalue weighted by atomic mass is 10.1. The van der Waals surface area contributed by atoms with Gasteiger partial charge in [0.25, 0.3) is 5.91 Å². The first-order valence-electron chi connectivity index (χ1n) is 6.12. The second kappa shape index (κ2) is 6.04. The zero-order chi connectivity index (χ0) is 14.7. The summed E-state index contributed by atoms with van der Waals surface area (Å²) >= 11 is 1.60. The number of nitrogens with zero attached hydrogens (tertiary/aromatic N) is 1. The quantitative estimate of drug-likeness (QED) is 0.724. The van der Waals surface area contributed by atoms with E-state index in [9.17, 15) is 19.8 Å². The van der Waals surface area contributed by atoms with Gasteiger partial charge in [-0.05, 0) is 12.1 Å². The van der Waals surface area contributed by atoms with E-state index in [1.54, 1.807) is 11.8 Å². The molecule has 1 fully saturated rings. The van der Waals surface area contributed by atoms with Gasteiger partial charge in [0.2, 0.25) is 0 Å². The van der Waals surface area contributed by atoms with E-state index in [-0.39, 0.29) is 17.7 Å². The first-order chi connectivity index (χ1) is 9.50. The largest absolute Gasteiger partial charge is 0.504 e. The molecule has 0 radical (unpaired) electrons. The molecule has 1 atom stereocenters. The molecule has 0 saturated carbocycles. The summed E-state index contributed by atoms with van der Waals surface area (Å²) in [5, 5.41) is 28.1. The van der Waals surface area contributed by atoms with E-state index in [1.807, 2.05) is 0 Å². The molecule has 1 heterocycles. The number of hydrogen-bond donors (Lipinski definition) is 3. The van der Waals surface area contributed by atoms with Crippen molar-refractivity contribution in [2.75, 3.05) is 18.1 Å². The SMILES string of the molecule is O=C(O)CC1CSCCN1C(=O)c1cccc(O)c1O. The number of phenols is 2. The molecule has 1 amide bonds. The van der Waals surface area contributed by atoms with Gasteiger partial charge in [0.15, 0.2) is 11.5 Å². The van der Waals surface area contributed by atoms with Crippen LogP contribution in [0.1, 0.15) is 16.8 Å². The van der Waals surface area contributed by atoms with Crippen LogP contribution in [0.3, 0.4) is 0 Å². The predicted molar refractivity (Wildman–Crippen MR) is 74.2 cm³/mol. The monoisotopic (exact) mass is 297 g/mol. The second-order valence-electron chi connectivity index (χ2n) is 4.50. The first kappa shape index (κ1) is 14.5. The van der Waals surface area contributed by atoms with E-state index < -0.39 is 23.7 Å². The summed E-state index contributed by atoms with van der Waals surface area (Å²) in [5.41, 5.74) is -0.00714. The summed E-state index contributed by atoms with van der Waals surface area (Å²) in [5.74, 6) is -0.971. The molecule has 1 aliphatic heterocycles. The number of carboxylic acid groups (broad SMARTS) is 1.